The standard InChI is InChI=1S/C16H14N2O/c19-16-13-7-3-4-8-14(13)17-18(16)15-10-9-11-5-1-2-6-12(11)15/h1-8,15,17H,9-10H2. The molecule has 94 valence electrons. The largest absolute Gasteiger partial charge is 0.294 e. The van der Waals surface area contributed by atoms with Crippen molar-refractivity contribution in [2.24, 2.45) is 0 Å². The predicted molar refractivity (Wildman–Crippen MR) is 75.5 cm³/mol. The van der Waals surface area contributed by atoms with Gasteiger partial charge < -0.3 is 0 Å². The number of fused-ring (bicyclic) bond motifs is 2. The van der Waals surface area contributed by atoms with Gasteiger partial charge in [-0.1, -0.05) is 36.4 Å². The van der Waals surface area contributed by atoms with E-state index >= 15 is 0 Å². The van der Waals surface area contributed by atoms with Crippen molar-refractivity contribution in [3.63, 3.8) is 0 Å². The van der Waals surface area contributed by atoms with Crippen LogP contribution in [0.4, 0.5) is 0 Å². The van der Waals surface area contributed by atoms with Crippen molar-refractivity contribution in [2.75, 3.05) is 0 Å². The highest BCUT2D eigenvalue weighted by molar-refractivity contribution is 5.77. The second-order valence-electron chi connectivity index (χ2n) is 5.09. The van der Waals surface area contributed by atoms with E-state index in [0.717, 1.165) is 23.7 Å². The van der Waals surface area contributed by atoms with Gasteiger partial charge in [-0.05, 0) is 36.1 Å². The number of nitrogens with one attached hydrogen (secondary N) is 1. The Hall–Kier alpha value is -2.29. The quantitative estimate of drug-likeness (QED) is 0.708. The smallest absolute Gasteiger partial charge is 0.274 e. The molecule has 1 aromatic heterocycles. The molecule has 3 nitrogen and oxygen atoms in total. The first-order valence-corrected chi connectivity index (χ1v) is 6.61. The van der Waals surface area contributed by atoms with E-state index in [4.69, 9.17) is 0 Å². The van der Waals surface area contributed by atoms with Gasteiger partial charge in [-0.25, -0.2) is 4.68 Å². The summed E-state index contributed by atoms with van der Waals surface area (Å²) < 4.78 is 1.79. The summed E-state index contributed by atoms with van der Waals surface area (Å²) in [5, 5.41) is 4.02. The number of rotatable bonds is 1. The highest BCUT2D eigenvalue weighted by atomic mass is 16.1. The Kier molecular flexibility index (Phi) is 2.15. The second-order valence-corrected chi connectivity index (χ2v) is 5.09. The fourth-order valence-electron chi connectivity index (χ4n) is 3.10. The van der Waals surface area contributed by atoms with Gasteiger partial charge in [-0.3, -0.25) is 9.89 Å². The van der Waals surface area contributed by atoms with Gasteiger partial charge in [-0.15, -0.1) is 0 Å². The summed E-state index contributed by atoms with van der Waals surface area (Å²) in [6.07, 6.45) is 2.04. The maximum atomic E-state index is 12.5. The minimum absolute atomic E-state index is 0.0808. The summed E-state index contributed by atoms with van der Waals surface area (Å²) in [5.74, 6) is 0. The first-order chi connectivity index (χ1) is 9.34. The zero-order valence-electron chi connectivity index (χ0n) is 10.5. The lowest BCUT2D eigenvalue weighted by Crippen LogP contribution is -2.21. The maximum absolute atomic E-state index is 12.5. The van der Waals surface area contributed by atoms with Crippen LogP contribution in [0.1, 0.15) is 23.6 Å². The maximum Gasteiger partial charge on any atom is 0.274 e. The molecule has 0 aliphatic heterocycles. The summed E-state index contributed by atoms with van der Waals surface area (Å²) in [6.45, 7) is 0. The van der Waals surface area contributed by atoms with Crippen LogP contribution < -0.4 is 5.56 Å². The van der Waals surface area contributed by atoms with Gasteiger partial charge in [0.15, 0.2) is 0 Å². The van der Waals surface area contributed by atoms with Gasteiger partial charge in [0.25, 0.3) is 5.56 Å². The lowest BCUT2D eigenvalue weighted by atomic mass is 10.1. The Morgan fingerprint density at radius 1 is 1.05 bits per heavy atom. The molecule has 0 bridgehead atoms. The molecule has 0 saturated carbocycles. The minimum Gasteiger partial charge on any atom is -0.294 e. The molecule has 1 atom stereocenters. The van der Waals surface area contributed by atoms with E-state index in [1.807, 2.05) is 30.3 Å². The first kappa shape index (κ1) is 10.6. The van der Waals surface area contributed by atoms with Crippen molar-refractivity contribution in [2.45, 2.75) is 18.9 Å². The molecular weight excluding hydrogens is 236 g/mol. The third-order valence-electron chi connectivity index (χ3n) is 4.03. The number of para-hydroxylation sites is 1. The molecule has 1 aliphatic carbocycles. The molecule has 1 unspecified atom stereocenters. The van der Waals surface area contributed by atoms with E-state index < -0.39 is 0 Å². The Morgan fingerprint density at radius 3 is 2.74 bits per heavy atom. The van der Waals surface area contributed by atoms with E-state index in [-0.39, 0.29) is 11.6 Å². The van der Waals surface area contributed by atoms with Crippen LogP contribution in [-0.2, 0) is 6.42 Å². The molecular formula is C16H14N2O. The van der Waals surface area contributed by atoms with Crippen LogP contribution in [0.15, 0.2) is 53.3 Å². The van der Waals surface area contributed by atoms with Crippen LogP contribution in [0.25, 0.3) is 10.9 Å². The van der Waals surface area contributed by atoms with Crippen molar-refractivity contribution in [1.82, 2.24) is 9.78 Å². The molecule has 3 heteroatoms. The molecule has 0 fully saturated rings. The van der Waals surface area contributed by atoms with Crippen molar-refractivity contribution in [1.29, 1.82) is 0 Å². The third-order valence-corrected chi connectivity index (χ3v) is 4.03. The topological polar surface area (TPSA) is 37.8 Å². The highest BCUT2D eigenvalue weighted by Crippen LogP contribution is 2.33. The summed E-state index contributed by atoms with van der Waals surface area (Å²) in [5.41, 5.74) is 3.63. The van der Waals surface area contributed by atoms with Crippen LogP contribution in [0, 0.1) is 0 Å². The Labute approximate surface area is 110 Å². The Bertz CT molecular complexity index is 813. The van der Waals surface area contributed by atoms with Crippen molar-refractivity contribution in [3.8, 4) is 0 Å². The summed E-state index contributed by atoms with van der Waals surface area (Å²) in [6, 6.07) is 16.2. The van der Waals surface area contributed by atoms with Crippen molar-refractivity contribution < 1.29 is 0 Å². The van der Waals surface area contributed by atoms with Gasteiger partial charge in [0.2, 0.25) is 0 Å². The molecule has 1 aliphatic rings. The highest BCUT2D eigenvalue weighted by Gasteiger charge is 2.25. The van der Waals surface area contributed by atoms with Gasteiger partial charge in [0.05, 0.1) is 16.9 Å². The van der Waals surface area contributed by atoms with E-state index in [1.165, 1.54) is 11.1 Å². The summed E-state index contributed by atoms with van der Waals surface area (Å²) in [7, 11) is 0. The summed E-state index contributed by atoms with van der Waals surface area (Å²) in [4.78, 5) is 12.5. The minimum atomic E-state index is 0.0808. The molecule has 3 aromatic rings. The van der Waals surface area contributed by atoms with E-state index in [2.05, 4.69) is 23.3 Å². The average Bonchev–Trinajstić information content (AvgIpc) is 3.01. The van der Waals surface area contributed by atoms with Gasteiger partial charge >= 0.3 is 0 Å². The molecule has 0 spiro atoms. The van der Waals surface area contributed by atoms with Crippen LogP contribution in [0.3, 0.4) is 0 Å². The Morgan fingerprint density at radius 2 is 1.84 bits per heavy atom. The third kappa shape index (κ3) is 1.48. The molecule has 2 aromatic carbocycles. The van der Waals surface area contributed by atoms with Crippen LogP contribution in [-0.4, -0.2) is 9.78 Å². The first-order valence-electron chi connectivity index (χ1n) is 6.61. The number of nitrogens with zero attached hydrogens (tertiary/aromatic N) is 1. The normalized spacial score (nSPS) is 17.8. The van der Waals surface area contributed by atoms with E-state index in [1.54, 1.807) is 4.68 Å². The zero-order chi connectivity index (χ0) is 12.8. The molecule has 0 amide bonds. The molecule has 4 rings (SSSR count). The lowest BCUT2D eigenvalue weighted by Gasteiger charge is -2.12. The molecule has 1 heterocycles. The van der Waals surface area contributed by atoms with E-state index in [9.17, 15) is 4.79 Å². The monoisotopic (exact) mass is 250 g/mol. The van der Waals surface area contributed by atoms with Gasteiger partial charge in [0, 0.05) is 0 Å². The molecule has 0 saturated heterocycles. The number of benzene rings is 2. The number of aromatic nitrogens is 2. The van der Waals surface area contributed by atoms with Crippen molar-refractivity contribution in [3.05, 3.63) is 70.0 Å². The number of hydrogen-bond donors (Lipinski definition) is 1. The van der Waals surface area contributed by atoms with Crippen molar-refractivity contribution >= 4 is 10.9 Å². The fraction of sp³-hybridized carbons (Fsp3) is 0.188. The van der Waals surface area contributed by atoms with E-state index in [0.29, 0.717) is 0 Å². The predicted octanol–water partition coefficient (Wildman–Crippen LogP) is 2.87. The van der Waals surface area contributed by atoms with Gasteiger partial charge in [0.1, 0.15) is 0 Å². The number of H-pyrrole nitrogens is 1. The number of aromatic amines is 1. The Balaban J connectivity index is 1.93. The average molecular weight is 250 g/mol. The number of hydrogen-bond acceptors (Lipinski definition) is 1. The SMILES string of the molecule is O=c1c2ccccc2[nH]n1C1CCc2ccccc21. The van der Waals surface area contributed by atoms with Crippen LogP contribution in [0.2, 0.25) is 0 Å². The molecule has 19 heavy (non-hydrogen) atoms. The van der Waals surface area contributed by atoms with Crippen LogP contribution >= 0.6 is 0 Å². The molecule has 1 N–H and O–H groups in total. The molecule has 0 radical (unpaired) electrons. The fourth-order valence-corrected chi connectivity index (χ4v) is 3.10. The number of aryl methyl sites for hydroxylation is 1. The zero-order valence-corrected chi connectivity index (χ0v) is 10.5. The lowest BCUT2D eigenvalue weighted by molar-refractivity contribution is 0.511. The van der Waals surface area contributed by atoms with Gasteiger partial charge in [-0.2, -0.15) is 0 Å². The second kappa shape index (κ2) is 3.85. The summed E-state index contributed by atoms with van der Waals surface area (Å²) >= 11 is 0. The van der Waals surface area contributed by atoms with Crippen LogP contribution in [0.5, 0.6) is 0 Å².